The fraction of sp³-hybridized carbons (Fsp3) is 0.667. The van der Waals surface area contributed by atoms with Gasteiger partial charge in [-0.05, 0) is 50.7 Å². The van der Waals surface area contributed by atoms with E-state index in [-0.39, 0.29) is 0 Å². The SMILES string of the molecule is CCN(CC)CCCNc1nn(CCCN2CCOCC2)c2ccc(Cl)cc12. The lowest BCUT2D eigenvalue weighted by molar-refractivity contribution is 0.0368. The van der Waals surface area contributed by atoms with E-state index in [0.717, 1.165) is 100 Å². The van der Waals surface area contributed by atoms with E-state index in [1.165, 1.54) is 0 Å². The van der Waals surface area contributed by atoms with Gasteiger partial charge in [-0.15, -0.1) is 0 Å². The molecule has 0 bridgehead atoms. The highest BCUT2D eigenvalue weighted by Gasteiger charge is 2.13. The number of hydrogen-bond donors (Lipinski definition) is 1. The van der Waals surface area contributed by atoms with Gasteiger partial charge in [0, 0.05) is 43.1 Å². The summed E-state index contributed by atoms with van der Waals surface area (Å²) >= 11 is 6.26. The highest BCUT2D eigenvalue weighted by atomic mass is 35.5. The lowest BCUT2D eigenvalue weighted by Crippen LogP contribution is -2.37. The van der Waals surface area contributed by atoms with E-state index in [1.807, 2.05) is 12.1 Å². The predicted molar refractivity (Wildman–Crippen MR) is 118 cm³/mol. The van der Waals surface area contributed by atoms with Gasteiger partial charge in [0.05, 0.1) is 18.7 Å². The zero-order valence-corrected chi connectivity index (χ0v) is 18.0. The zero-order chi connectivity index (χ0) is 19.8. The fourth-order valence-electron chi connectivity index (χ4n) is 3.77. The highest BCUT2D eigenvalue weighted by molar-refractivity contribution is 6.31. The Labute approximate surface area is 173 Å². The van der Waals surface area contributed by atoms with Crippen molar-refractivity contribution in [2.75, 3.05) is 64.3 Å². The first-order chi connectivity index (χ1) is 13.7. The molecule has 0 radical (unpaired) electrons. The van der Waals surface area contributed by atoms with Crippen LogP contribution < -0.4 is 5.32 Å². The van der Waals surface area contributed by atoms with Gasteiger partial charge in [0.25, 0.3) is 0 Å². The van der Waals surface area contributed by atoms with Crippen molar-refractivity contribution in [2.24, 2.45) is 0 Å². The number of halogens is 1. The average molecular weight is 408 g/mol. The lowest BCUT2D eigenvalue weighted by Gasteiger charge is -2.26. The summed E-state index contributed by atoms with van der Waals surface area (Å²) in [6, 6.07) is 6.06. The van der Waals surface area contributed by atoms with Gasteiger partial charge in [0.15, 0.2) is 5.82 Å². The molecule has 2 aromatic rings. The molecule has 1 aromatic heterocycles. The molecule has 1 aliphatic rings. The van der Waals surface area contributed by atoms with Gasteiger partial charge >= 0.3 is 0 Å². The molecule has 0 unspecified atom stereocenters. The predicted octanol–water partition coefficient (Wildman–Crippen LogP) is 3.56. The van der Waals surface area contributed by atoms with E-state index in [1.54, 1.807) is 0 Å². The molecule has 0 spiro atoms. The third-order valence-corrected chi connectivity index (χ3v) is 5.73. The number of ether oxygens (including phenoxy) is 1. The summed E-state index contributed by atoms with van der Waals surface area (Å²) < 4.78 is 7.55. The van der Waals surface area contributed by atoms with Crippen LogP contribution in [0.15, 0.2) is 18.2 Å². The summed E-state index contributed by atoms with van der Waals surface area (Å²) in [4.78, 5) is 4.92. The van der Waals surface area contributed by atoms with Crippen LogP contribution in [0, 0.1) is 0 Å². The number of aryl methyl sites for hydroxylation is 1. The Hall–Kier alpha value is -1.34. The van der Waals surface area contributed by atoms with E-state index in [0.29, 0.717) is 0 Å². The molecular formula is C21H34ClN5O. The molecule has 0 atom stereocenters. The Kier molecular flexibility index (Phi) is 8.40. The van der Waals surface area contributed by atoms with Gasteiger partial charge in [-0.25, -0.2) is 0 Å². The van der Waals surface area contributed by atoms with Gasteiger partial charge in [-0.1, -0.05) is 25.4 Å². The Morgan fingerprint density at radius 1 is 1.14 bits per heavy atom. The number of fused-ring (bicyclic) bond motifs is 1. The van der Waals surface area contributed by atoms with Crippen molar-refractivity contribution >= 4 is 28.3 Å². The smallest absolute Gasteiger partial charge is 0.156 e. The Bertz CT molecular complexity index is 725. The van der Waals surface area contributed by atoms with Crippen LogP contribution in [0.25, 0.3) is 10.9 Å². The van der Waals surface area contributed by atoms with Crippen LogP contribution in [-0.2, 0) is 11.3 Å². The minimum Gasteiger partial charge on any atom is -0.379 e. The minimum atomic E-state index is 0.756. The molecule has 1 fully saturated rings. The number of anilines is 1. The molecule has 0 saturated carbocycles. The number of aromatic nitrogens is 2. The Morgan fingerprint density at radius 3 is 2.68 bits per heavy atom. The van der Waals surface area contributed by atoms with Crippen LogP contribution in [0.4, 0.5) is 5.82 Å². The topological polar surface area (TPSA) is 45.6 Å². The Morgan fingerprint density at radius 2 is 1.93 bits per heavy atom. The normalized spacial score (nSPS) is 15.6. The van der Waals surface area contributed by atoms with Crippen LogP contribution in [0.3, 0.4) is 0 Å². The van der Waals surface area contributed by atoms with Crippen molar-refractivity contribution in [3.8, 4) is 0 Å². The summed E-state index contributed by atoms with van der Waals surface area (Å²) in [7, 11) is 0. The molecule has 156 valence electrons. The number of nitrogens with zero attached hydrogens (tertiary/aromatic N) is 4. The third-order valence-electron chi connectivity index (χ3n) is 5.50. The summed E-state index contributed by atoms with van der Waals surface area (Å²) in [5, 5.41) is 10.3. The molecule has 1 N–H and O–H groups in total. The molecular weight excluding hydrogens is 374 g/mol. The second-order valence-corrected chi connectivity index (χ2v) is 7.78. The summed E-state index contributed by atoms with van der Waals surface area (Å²) in [6.45, 7) is 14.4. The second kappa shape index (κ2) is 11.0. The summed E-state index contributed by atoms with van der Waals surface area (Å²) in [5.74, 6) is 0.948. The van der Waals surface area contributed by atoms with E-state index in [2.05, 4.69) is 39.7 Å². The molecule has 2 heterocycles. The van der Waals surface area contributed by atoms with E-state index < -0.39 is 0 Å². The first kappa shape index (κ1) is 21.4. The van der Waals surface area contributed by atoms with E-state index >= 15 is 0 Å². The number of rotatable bonds is 11. The van der Waals surface area contributed by atoms with Crippen molar-refractivity contribution in [3.63, 3.8) is 0 Å². The number of morpholine rings is 1. The highest BCUT2D eigenvalue weighted by Crippen LogP contribution is 2.26. The standard InChI is InChI=1S/C21H34ClN5O/c1-3-25(4-2)10-5-9-23-21-19-17-18(22)7-8-20(19)27(24-21)12-6-11-26-13-15-28-16-14-26/h7-8,17H,3-6,9-16H2,1-2H3,(H,23,24). The Balaban J connectivity index is 1.59. The van der Waals surface area contributed by atoms with Crippen molar-refractivity contribution in [2.45, 2.75) is 33.2 Å². The van der Waals surface area contributed by atoms with Crippen molar-refractivity contribution in [3.05, 3.63) is 23.2 Å². The summed E-state index contributed by atoms with van der Waals surface area (Å²) in [5.41, 5.74) is 1.15. The van der Waals surface area contributed by atoms with Crippen LogP contribution in [0.2, 0.25) is 5.02 Å². The molecule has 1 aromatic carbocycles. The largest absolute Gasteiger partial charge is 0.379 e. The van der Waals surface area contributed by atoms with Gasteiger partial charge in [0.1, 0.15) is 0 Å². The van der Waals surface area contributed by atoms with Crippen molar-refractivity contribution in [1.82, 2.24) is 19.6 Å². The molecule has 3 rings (SSSR count). The van der Waals surface area contributed by atoms with Gasteiger partial charge in [0.2, 0.25) is 0 Å². The quantitative estimate of drug-likeness (QED) is 0.577. The molecule has 1 saturated heterocycles. The van der Waals surface area contributed by atoms with E-state index in [9.17, 15) is 0 Å². The summed E-state index contributed by atoms with van der Waals surface area (Å²) in [6.07, 6.45) is 2.19. The van der Waals surface area contributed by atoms with Gasteiger partial charge in [-0.2, -0.15) is 5.10 Å². The molecule has 1 aliphatic heterocycles. The molecule has 0 amide bonds. The van der Waals surface area contributed by atoms with Crippen LogP contribution in [0.1, 0.15) is 26.7 Å². The van der Waals surface area contributed by atoms with Crippen LogP contribution in [-0.4, -0.2) is 78.6 Å². The number of hydrogen-bond acceptors (Lipinski definition) is 5. The number of benzene rings is 1. The van der Waals surface area contributed by atoms with Gasteiger partial charge < -0.3 is 15.0 Å². The maximum Gasteiger partial charge on any atom is 0.156 e. The first-order valence-corrected chi connectivity index (χ1v) is 11.0. The molecule has 0 aliphatic carbocycles. The van der Waals surface area contributed by atoms with Crippen molar-refractivity contribution < 1.29 is 4.74 Å². The fourth-order valence-corrected chi connectivity index (χ4v) is 3.94. The van der Waals surface area contributed by atoms with Crippen LogP contribution in [0.5, 0.6) is 0 Å². The van der Waals surface area contributed by atoms with Crippen molar-refractivity contribution in [1.29, 1.82) is 0 Å². The third kappa shape index (κ3) is 5.83. The van der Waals surface area contributed by atoms with Gasteiger partial charge in [-0.3, -0.25) is 9.58 Å². The zero-order valence-electron chi connectivity index (χ0n) is 17.3. The number of nitrogens with one attached hydrogen (secondary N) is 1. The average Bonchev–Trinajstić information content (AvgIpc) is 3.06. The minimum absolute atomic E-state index is 0.756. The first-order valence-electron chi connectivity index (χ1n) is 10.6. The maximum atomic E-state index is 6.26. The maximum absolute atomic E-state index is 6.26. The second-order valence-electron chi connectivity index (χ2n) is 7.35. The molecule has 7 heteroatoms. The monoisotopic (exact) mass is 407 g/mol. The van der Waals surface area contributed by atoms with E-state index in [4.69, 9.17) is 21.4 Å². The van der Waals surface area contributed by atoms with Crippen LogP contribution >= 0.6 is 11.6 Å². The molecule has 6 nitrogen and oxygen atoms in total. The molecule has 28 heavy (non-hydrogen) atoms. The lowest BCUT2D eigenvalue weighted by atomic mass is 10.2.